The molecule has 0 unspecified atom stereocenters. The van der Waals surface area contributed by atoms with Gasteiger partial charge < -0.3 is 5.32 Å². The molecule has 0 fully saturated rings. The van der Waals surface area contributed by atoms with Gasteiger partial charge in [0.05, 0.1) is 4.90 Å². The van der Waals surface area contributed by atoms with E-state index in [1.54, 1.807) is 0 Å². The number of sulfonamides is 1. The highest BCUT2D eigenvalue weighted by Gasteiger charge is 2.15. The number of halogens is 1. The molecule has 0 bridgehead atoms. The summed E-state index contributed by atoms with van der Waals surface area (Å²) in [6.45, 7) is 6.59. The van der Waals surface area contributed by atoms with Gasteiger partial charge in [0, 0.05) is 24.7 Å². The highest BCUT2D eigenvalue weighted by Crippen LogP contribution is 2.15. The number of rotatable bonds is 8. The molecule has 0 heterocycles. The van der Waals surface area contributed by atoms with Crippen molar-refractivity contribution in [3.8, 4) is 0 Å². The average Bonchev–Trinajstić information content (AvgIpc) is 2.37. The molecule has 0 saturated heterocycles. The fourth-order valence-corrected chi connectivity index (χ4v) is 2.76. The minimum atomic E-state index is -3.55. The predicted molar refractivity (Wildman–Crippen MR) is 78.5 cm³/mol. The summed E-state index contributed by atoms with van der Waals surface area (Å²) in [4.78, 5) is 0.107. The summed E-state index contributed by atoms with van der Waals surface area (Å²) in [6, 6.07) is 4.09. The van der Waals surface area contributed by atoms with E-state index in [2.05, 4.69) is 10.0 Å². The van der Waals surface area contributed by atoms with Crippen molar-refractivity contribution in [1.82, 2.24) is 10.0 Å². The minimum absolute atomic E-state index is 0.107. The van der Waals surface area contributed by atoms with Crippen LogP contribution in [0.2, 0.25) is 0 Å². The molecule has 0 atom stereocenters. The van der Waals surface area contributed by atoms with E-state index in [0.29, 0.717) is 18.7 Å². The summed E-state index contributed by atoms with van der Waals surface area (Å²) in [5.74, 6) is -0.398. The molecule has 0 saturated carbocycles. The third-order valence-electron chi connectivity index (χ3n) is 2.85. The molecule has 4 nitrogen and oxygen atoms in total. The zero-order valence-electron chi connectivity index (χ0n) is 12.2. The summed E-state index contributed by atoms with van der Waals surface area (Å²) < 4.78 is 40.3. The predicted octanol–water partition coefficient (Wildman–Crippen LogP) is 2.40. The summed E-state index contributed by atoms with van der Waals surface area (Å²) in [6.07, 6.45) is 1.69. The molecule has 0 aliphatic rings. The molecule has 0 spiro atoms. The largest absolute Gasteiger partial charge is 0.310 e. The Hall–Kier alpha value is -0.980. The summed E-state index contributed by atoms with van der Waals surface area (Å²) in [5.41, 5.74) is 0.358. The lowest BCUT2D eigenvalue weighted by molar-refractivity contribution is 0.550. The molecule has 1 rings (SSSR count). The number of hydrogen-bond acceptors (Lipinski definition) is 3. The van der Waals surface area contributed by atoms with E-state index in [1.807, 2.05) is 20.8 Å². The van der Waals surface area contributed by atoms with Crippen LogP contribution < -0.4 is 10.0 Å². The van der Waals surface area contributed by atoms with Crippen LogP contribution in [0.3, 0.4) is 0 Å². The Morgan fingerprint density at radius 3 is 2.60 bits per heavy atom. The van der Waals surface area contributed by atoms with Crippen LogP contribution in [-0.2, 0) is 16.6 Å². The lowest BCUT2D eigenvalue weighted by Gasteiger charge is -2.11. The van der Waals surface area contributed by atoms with E-state index in [9.17, 15) is 12.8 Å². The maximum atomic E-state index is 13.7. The first kappa shape index (κ1) is 17.1. The lowest BCUT2D eigenvalue weighted by atomic mass is 10.2. The van der Waals surface area contributed by atoms with Gasteiger partial charge in [0.2, 0.25) is 10.0 Å². The van der Waals surface area contributed by atoms with E-state index in [-0.39, 0.29) is 10.9 Å². The Morgan fingerprint density at radius 1 is 1.30 bits per heavy atom. The molecule has 6 heteroatoms. The molecule has 20 heavy (non-hydrogen) atoms. The topological polar surface area (TPSA) is 58.2 Å². The van der Waals surface area contributed by atoms with Gasteiger partial charge in [-0.2, -0.15) is 0 Å². The first-order valence-corrected chi connectivity index (χ1v) is 8.36. The monoisotopic (exact) mass is 302 g/mol. The highest BCUT2D eigenvalue weighted by molar-refractivity contribution is 7.89. The fraction of sp³-hybridized carbons (Fsp3) is 0.571. The zero-order valence-corrected chi connectivity index (χ0v) is 13.1. The average molecular weight is 302 g/mol. The second-order valence-electron chi connectivity index (χ2n) is 5.04. The second-order valence-corrected chi connectivity index (χ2v) is 6.81. The van der Waals surface area contributed by atoms with Gasteiger partial charge in [-0.05, 0) is 24.6 Å². The van der Waals surface area contributed by atoms with E-state index in [1.165, 1.54) is 18.2 Å². The van der Waals surface area contributed by atoms with Crippen LogP contribution in [0.25, 0.3) is 0 Å². The summed E-state index contributed by atoms with van der Waals surface area (Å²) in [7, 11) is -3.55. The molecule has 0 aliphatic carbocycles. The molecule has 114 valence electrons. The quantitative estimate of drug-likeness (QED) is 0.725. The molecule has 0 amide bonds. The van der Waals surface area contributed by atoms with Crippen LogP contribution in [0.1, 0.15) is 39.2 Å². The third kappa shape index (κ3) is 5.19. The second kappa shape index (κ2) is 7.71. The van der Waals surface area contributed by atoms with Crippen LogP contribution in [0.4, 0.5) is 4.39 Å². The number of benzene rings is 1. The lowest BCUT2D eigenvalue weighted by Crippen LogP contribution is -2.26. The van der Waals surface area contributed by atoms with Crippen LogP contribution in [0.15, 0.2) is 23.1 Å². The van der Waals surface area contributed by atoms with Crippen LogP contribution in [-0.4, -0.2) is 21.0 Å². The SMILES string of the molecule is CCCCNS(=O)(=O)c1ccc(F)c(CNC(C)C)c1. The Balaban J connectivity index is 2.87. The Labute approximate surface area is 120 Å². The third-order valence-corrected chi connectivity index (χ3v) is 4.31. The van der Waals surface area contributed by atoms with Crippen molar-refractivity contribution < 1.29 is 12.8 Å². The van der Waals surface area contributed by atoms with Gasteiger partial charge in [0.15, 0.2) is 0 Å². The van der Waals surface area contributed by atoms with Crippen molar-refractivity contribution in [2.45, 2.75) is 51.1 Å². The normalized spacial score (nSPS) is 12.1. The van der Waals surface area contributed by atoms with Crippen molar-refractivity contribution in [3.63, 3.8) is 0 Å². The van der Waals surface area contributed by atoms with Crippen molar-refractivity contribution in [3.05, 3.63) is 29.6 Å². The molecule has 0 aromatic heterocycles. The van der Waals surface area contributed by atoms with Crippen LogP contribution in [0, 0.1) is 5.82 Å². The van der Waals surface area contributed by atoms with E-state index in [0.717, 1.165) is 12.8 Å². The Morgan fingerprint density at radius 2 is 2.00 bits per heavy atom. The molecule has 0 aliphatic heterocycles. The van der Waals surface area contributed by atoms with Gasteiger partial charge in [0.1, 0.15) is 5.82 Å². The molecule has 1 aromatic rings. The van der Waals surface area contributed by atoms with Gasteiger partial charge >= 0.3 is 0 Å². The van der Waals surface area contributed by atoms with E-state index < -0.39 is 15.8 Å². The van der Waals surface area contributed by atoms with Gasteiger partial charge in [-0.15, -0.1) is 0 Å². The van der Waals surface area contributed by atoms with E-state index in [4.69, 9.17) is 0 Å². The number of nitrogens with one attached hydrogen (secondary N) is 2. The van der Waals surface area contributed by atoms with Gasteiger partial charge in [-0.1, -0.05) is 27.2 Å². The summed E-state index contributed by atoms with van der Waals surface area (Å²) in [5, 5.41) is 3.08. The minimum Gasteiger partial charge on any atom is -0.310 e. The van der Waals surface area contributed by atoms with Crippen molar-refractivity contribution >= 4 is 10.0 Å². The standard InChI is InChI=1S/C14H23FN2O2S/c1-4-5-8-17-20(18,19)13-6-7-14(15)12(9-13)10-16-11(2)3/h6-7,9,11,16-17H,4-5,8,10H2,1-3H3. The molecule has 0 radical (unpaired) electrons. The van der Waals surface area contributed by atoms with Gasteiger partial charge in [-0.25, -0.2) is 17.5 Å². The van der Waals surface area contributed by atoms with Gasteiger partial charge in [0.25, 0.3) is 0 Å². The smallest absolute Gasteiger partial charge is 0.240 e. The Bertz CT molecular complexity index is 530. The maximum absolute atomic E-state index is 13.7. The molecular formula is C14H23FN2O2S. The van der Waals surface area contributed by atoms with Gasteiger partial charge in [-0.3, -0.25) is 0 Å². The zero-order chi connectivity index (χ0) is 15.2. The number of unbranched alkanes of at least 4 members (excludes halogenated alkanes) is 1. The first-order chi connectivity index (χ1) is 9.36. The van der Waals surface area contributed by atoms with Crippen LogP contribution in [0.5, 0.6) is 0 Å². The molecule has 1 aromatic carbocycles. The molecular weight excluding hydrogens is 279 g/mol. The number of hydrogen-bond donors (Lipinski definition) is 2. The van der Waals surface area contributed by atoms with E-state index >= 15 is 0 Å². The molecule has 2 N–H and O–H groups in total. The maximum Gasteiger partial charge on any atom is 0.240 e. The van der Waals surface area contributed by atoms with Crippen LogP contribution >= 0.6 is 0 Å². The van der Waals surface area contributed by atoms with Crippen molar-refractivity contribution in [2.75, 3.05) is 6.54 Å². The highest BCUT2D eigenvalue weighted by atomic mass is 32.2. The van der Waals surface area contributed by atoms with Crippen molar-refractivity contribution in [2.24, 2.45) is 0 Å². The first-order valence-electron chi connectivity index (χ1n) is 6.88. The van der Waals surface area contributed by atoms with Crippen molar-refractivity contribution in [1.29, 1.82) is 0 Å². The summed E-state index contributed by atoms with van der Waals surface area (Å²) >= 11 is 0. The Kier molecular flexibility index (Phi) is 6.58. The fourth-order valence-electron chi connectivity index (χ4n) is 1.63.